The molecule has 1 aromatic carbocycles. The highest BCUT2D eigenvalue weighted by molar-refractivity contribution is 5.59. The molecule has 2 aromatic rings. The van der Waals surface area contributed by atoms with Crippen molar-refractivity contribution in [2.45, 2.75) is 6.18 Å². The highest BCUT2D eigenvalue weighted by Gasteiger charge is 2.30. The molecule has 0 fully saturated rings. The number of rotatable bonds is 1. The molecule has 0 unspecified atom stereocenters. The zero-order valence-corrected chi connectivity index (χ0v) is 8.58. The lowest BCUT2D eigenvalue weighted by Crippen LogP contribution is -2.06. The molecular weight excluding hydrogens is 231 g/mol. The predicted molar refractivity (Wildman–Crippen MR) is 57.5 cm³/mol. The molecule has 2 nitrogen and oxygen atoms in total. The Morgan fingerprint density at radius 2 is 1.71 bits per heavy atom. The average Bonchev–Trinajstić information content (AvgIpc) is 2.28. The number of aromatic amines is 1. The normalized spacial score (nSPS) is 11.5. The third-order valence-corrected chi connectivity index (χ3v) is 2.27. The van der Waals surface area contributed by atoms with E-state index < -0.39 is 11.7 Å². The van der Waals surface area contributed by atoms with Crippen LogP contribution in [-0.2, 0) is 6.18 Å². The molecule has 0 bridgehead atoms. The summed E-state index contributed by atoms with van der Waals surface area (Å²) in [6.07, 6.45) is -4.38. The topological polar surface area (TPSA) is 32.9 Å². The van der Waals surface area contributed by atoms with Gasteiger partial charge in [0.1, 0.15) is 0 Å². The van der Waals surface area contributed by atoms with E-state index in [2.05, 4.69) is 4.98 Å². The molecule has 0 amide bonds. The molecule has 88 valence electrons. The van der Waals surface area contributed by atoms with E-state index in [1.54, 1.807) is 6.07 Å². The highest BCUT2D eigenvalue weighted by Crippen LogP contribution is 2.31. The summed E-state index contributed by atoms with van der Waals surface area (Å²) in [5.74, 6) is 0. The van der Waals surface area contributed by atoms with Crippen LogP contribution in [-0.4, -0.2) is 4.98 Å². The van der Waals surface area contributed by atoms with E-state index in [-0.39, 0.29) is 5.56 Å². The molecule has 0 aliphatic rings. The summed E-state index contributed by atoms with van der Waals surface area (Å²) in [4.78, 5) is 13.5. The maximum absolute atomic E-state index is 12.5. The van der Waals surface area contributed by atoms with E-state index in [0.717, 1.165) is 12.1 Å². The number of aromatic nitrogens is 1. The van der Waals surface area contributed by atoms with E-state index in [1.807, 2.05) is 0 Å². The van der Waals surface area contributed by atoms with Crippen LogP contribution in [0, 0.1) is 0 Å². The molecule has 0 aliphatic carbocycles. The second-order valence-electron chi connectivity index (χ2n) is 3.51. The molecule has 1 heterocycles. The van der Waals surface area contributed by atoms with Crippen molar-refractivity contribution in [3.8, 4) is 11.3 Å². The van der Waals surface area contributed by atoms with Crippen molar-refractivity contribution >= 4 is 0 Å². The van der Waals surface area contributed by atoms with Gasteiger partial charge in [-0.15, -0.1) is 0 Å². The van der Waals surface area contributed by atoms with Gasteiger partial charge >= 0.3 is 6.18 Å². The van der Waals surface area contributed by atoms with Crippen molar-refractivity contribution in [2.24, 2.45) is 0 Å². The number of hydrogen-bond acceptors (Lipinski definition) is 1. The van der Waals surface area contributed by atoms with Crippen LogP contribution in [0.3, 0.4) is 0 Å². The van der Waals surface area contributed by atoms with Crippen LogP contribution < -0.4 is 5.56 Å². The van der Waals surface area contributed by atoms with Gasteiger partial charge in [0, 0.05) is 11.8 Å². The smallest absolute Gasteiger partial charge is 0.322 e. The number of benzene rings is 1. The number of halogens is 3. The van der Waals surface area contributed by atoms with E-state index in [1.165, 1.54) is 24.3 Å². The summed E-state index contributed by atoms with van der Waals surface area (Å²) in [6.45, 7) is 0. The molecule has 0 saturated carbocycles. The Morgan fingerprint density at radius 3 is 2.35 bits per heavy atom. The van der Waals surface area contributed by atoms with Gasteiger partial charge in [-0.3, -0.25) is 4.79 Å². The first kappa shape index (κ1) is 11.4. The number of pyridine rings is 1. The van der Waals surface area contributed by atoms with Crippen LogP contribution in [0.1, 0.15) is 5.56 Å². The Labute approximate surface area is 94.7 Å². The lowest BCUT2D eigenvalue weighted by molar-refractivity contribution is -0.137. The minimum Gasteiger partial charge on any atom is -0.322 e. The Kier molecular flexibility index (Phi) is 2.75. The van der Waals surface area contributed by atoms with Gasteiger partial charge in [-0.1, -0.05) is 18.2 Å². The SMILES string of the molecule is O=c1cccc(-c2cccc(C(F)(F)F)c2)[nH]1. The molecule has 0 saturated heterocycles. The molecule has 1 N–H and O–H groups in total. The minimum absolute atomic E-state index is 0.331. The largest absolute Gasteiger partial charge is 0.416 e. The van der Waals surface area contributed by atoms with Gasteiger partial charge in [0.25, 0.3) is 0 Å². The fourth-order valence-electron chi connectivity index (χ4n) is 1.48. The quantitative estimate of drug-likeness (QED) is 0.815. The zero-order valence-electron chi connectivity index (χ0n) is 8.58. The van der Waals surface area contributed by atoms with Crippen molar-refractivity contribution < 1.29 is 13.2 Å². The Balaban J connectivity index is 2.51. The van der Waals surface area contributed by atoms with Gasteiger partial charge in [-0.05, 0) is 23.8 Å². The van der Waals surface area contributed by atoms with Crippen molar-refractivity contribution in [1.82, 2.24) is 4.98 Å². The fraction of sp³-hybridized carbons (Fsp3) is 0.0833. The molecular formula is C12H8F3NO. The minimum atomic E-state index is -4.38. The zero-order chi connectivity index (χ0) is 12.5. The van der Waals surface area contributed by atoms with E-state index in [0.29, 0.717) is 11.3 Å². The molecule has 0 radical (unpaired) electrons. The summed E-state index contributed by atoms with van der Waals surface area (Å²) < 4.78 is 37.5. The van der Waals surface area contributed by atoms with Crippen LogP contribution in [0.25, 0.3) is 11.3 Å². The van der Waals surface area contributed by atoms with Crippen LogP contribution in [0.4, 0.5) is 13.2 Å². The highest BCUT2D eigenvalue weighted by atomic mass is 19.4. The Bertz CT molecular complexity index is 587. The van der Waals surface area contributed by atoms with Gasteiger partial charge in [0.2, 0.25) is 5.56 Å². The lowest BCUT2D eigenvalue weighted by Gasteiger charge is -2.08. The standard InChI is InChI=1S/C12H8F3NO/c13-12(14,15)9-4-1-3-8(7-9)10-5-2-6-11(17)16-10/h1-7H,(H,16,17). The molecule has 0 atom stereocenters. The third-order valence-electron chi connectivity index (χ3n) is 2.27. The summed E-state index contributed by atoms with van der Waals surface area (Å²) in [7, 11) is 0. The van der Waals surface area contributed by atoms with E-state index >= 15 is 0 Å². The third kappa shape index (κ3) is 2.55. The lowest BCUT2D eigenvalue weighted by atomic mass is 10.1. The van der Waals surface area contributed by atoms with Crippen molar-refractivity contribution in [2.75, 3.05) is 0 Å². The van der Waals surface area contributed by atoms with Crippen LogP contribution in [0.5, 0.6) is 0 Å². The Morgan fingerprint density at radius 1 is 1.00 bits per heavy atom. The first-order valence-corrected chi connectivity index (χ1v) is 4.84. The first-order valence-electron chi connectivity index (χ1n) is 4.84. The number of H-pyrrole nitrogens is 1. The summed E-state index contributed by atoms with van der Waals surface area (Å²) >= 11 is 0. The monoisotopic (exact) mass is 239 g/mol. The van der Waals surface area contributed by atoms with Crippen LogP contribution >= 0.6 is 0 Å². The predicted octanol–water partition coefficient (Wildman–Crippen LogP) is 3.06. The fourth-order valence-corrected chi connectivity index (χ4v) is 1.48. The van der Waals surface area contributed by atoms with E-state index in [4.69, 9.17) is 0 Å². The Hall–Kier alpha value is -2.04. The van der Waals surface area contributed by atoms with Crippen LogP contribution in [0.2, 0.25) is 0 Å². The van der Waals surface area contributed by atoms with Gasteiger partial charge in [0.05, 0.1) is 5.56 Å². The van der Waals surface area contributed by atoms with Crippen LogP contribution in [0.15, 0.2) is 47.3 Å². The molecule has 5 heteroatoms. The first-order chi connectivity index (χ1) is 7.97. The van der Waals surface area contributed by atoms with Crippen molar-refractivity contribution in [3.05, 3.63) is 58.4 Å². The molecule has 0 aliphatic heterocycles. The molecule has 0 spiro atoms. The summed E-state index contributed by atoms with van der Waals surface area (Å²) in [6, 6.07) is 9.17. The second kappa shape index (κ2) is 4.08. The van der Waals surface area contributed by atoms with Gasteiger partial charge in [0.15, 0.2) is 0 Å². The van der Waals surface area contributed by atoms with E-state index in [9.17, 15) is 18.0 Å². The number of alkyl halides is 3. The summed E-state index contributed by atoms with van der Waals surface area (Å²) in [5, 5.41) is 0. The van der Waals surface area contributed by atoms with Gasteiger partial charge in [-0.2, -0.15) is 13.2 Å². The molecule has 1 aromatic heterocycles. The summed E-state index contributed by atoms with van der Waals surface area (Å²) in [5.41, 5.74) is -0.388. The number of nitrogens with one attached hydrogen (secondary N) is 1. The second-order valence-corrected chi connectivity index (χ2v) is 3.51. The van der Waals surface area contributed by atoms with Gasteiger partial charge in [-0.25, -0.2) is 0 Å². The average molecular weight is 239 g/mol. The van der Waals surface area contributed by atoms with Gasteiger partial charge < -0.3 is 4.98 Å². The number of hydrogen-bond donors (Lipinski definition) is 1. The van der Waals surface area contributed by atoms with Crippen molar-refractivity contribution in [3.63, 3.8) is 0 Å². The maximum atomic E-state index is 12.5. The molecule has 2 rings (SSSR count). The molecule has 17 heavy (non-hydrogen) atoms. The maximum Gasteiger partial charge on any atom is 0.416 e. The van der Waals surface area contributed by atoms with Crippen molar-refractivity contribution in [1.29, 1.82) is 0 Å².